The smallest absolute Gasteiger partial charge is 0.406 e. The van der Waals surface area contributed by atoms with Crippen LogP contribution in [0.1, 0.15) is 52.9 Å². The number of aromatic nitrogens is 1. The number of fused-ring (bicyclic) bond motifs is 1. The van der Waals surface area contributed by atoms with E-state index in [2.05, 4.69) is 23.6 Å². The number of carbonyl (C=O) groups is 1. The molecule has 0 unspecified atom stereocenters. The minimum atomic E-state index is -4.70. The Labute approximate surface area is 193 Å². The van der Waals surface area contributed by atoms with Crippen molar-refractivity contribution in [3.63, 3.8) is 0 Å². The fourth-order valence-electron chi connectivity index (χ4n) is 3.38. The number of ether oxygens (including phenoxy) is 1. The number of halogens is 3. The molecule has 4 nitrogen and oxygen atoms in total. The second-order valence-electron chi connectivity index (χ2n) is 7.70. The molecule has 1 aliphatic rings. The summed E-state index contributed by atoms with van der Waals surface area (Å²) in [5.41, 5.74) is 4.54. The normalized spacial score (nSPS) is 12.2. The molecule has 0 spiro atoms. The first-order valence-corrected chi connectivity index (χ1v) is 10.7. The van der Waals surface area contributed by atoms with Crippen LogP contribution in [0.4, 0.5) is 13.2 Å². The molecule has 3 aromatic rings. The Morgan fingerprint density at radius 1 is 1.00 bits per heavy atom. The summed E-state index contributed by atoms with van der Waals surface area (Å²) in [7, 11) is 0. The Hall–Kier alpha value is -3.35. The summed E-state index contributed by atoms with van der Waals surface area (Å²) in [6.45, 7) is 9.01. The molecule has 0 atom stereocenters. The maximum absolute atomic E-state index is 12.5. The summed E-state index contributed by atoms with van der Waals surface area (Å²) < 4.78 is 40.3. The zero-order valence-corrected chi connectivity index (χ0v) is 19.3. The third-order valence-electron chi connectivity index (χ3n) is 4.52. The Balaban J connectivity index is 0.000000360. The fourth-order valence-corrected chi connectivity index (χ4v) is 3.38. The van der Waals surface area contributed by atoms with Crippen molar-refractivity contribution in [3.05, 3.63) is 94.8 Å². The first-order chi connectivity index (χ1) is 15.6. The lowest BCUT2D eigenvalue weighted by Gasteiger charge is -2.16. The van der Waals surface area contributed by atoms with E-state index in [0.29, 0.717) is 13.1 Å². The lowest BCUT2D eigenvalue weighted by atomic mass is 10.0. The molecule has 0 radical (unpaired) electrons. The van der Waals surface area contributed by atoms with Crippen molar-refractivity contribution < 1.29 is 22.7 Å². The molecule has 1 aromatic heterocycles. The SMILES string of the molecule is CCC.Cc1cc(C)c2c(c1)CN(Cc1ccc(OC(F)(F)F)cc1)C2=O.c1ccncc1. The zero-order chi connectivity index (χ0) is 24.4. The number of hydrogen-bond acceptors (Lipinski definition) is 3. The molecule has 0 fully saturated rings. The summed E-state index contributed by atoms with van der Waals surface area (Å²) in [4.78, 5) is 18.0. The molecular weight excluding hydrogens is 429 g/mol. The van der Waals surface area contributed by atoms with E-state index >= 15 is 0 Å². The van der Waals surface area contributed by atoms with Crippen molar-refractivity contribution in [1.29, 1.82) is 0 Å². The van der Waals surface area contributed by atoms with Crippen LogP contribution >= 0.6 is 0 Å². The molecule has 7 heteroatoms. The Bertz CT molecular complexity index is 993. The maximum atomic E-state index is 12.5. The van der Waals surface area contributed by atoms with Gasteiger partial charge in [-0.15, -0.1) is 13.2 Å². The van der Waals surface area contributed by atoms with Gasteiger partial charge in [-0.1, -0.05) is 56.2 Å². The number of hydrogen-bond donors (Lipinski definition) is 0. The Morgan fingerprint density at radius 3 is 2.09 bits per heavy atom. The largest absolute Gasteiger partial charge is 0.573 e. The van der Waals surface area contributed by atoms with Gasteiger partial charge in [-0.2, -0.15) is 0 Å². The van der Waals surface area contributed by atoms with Crippen LogP contribution in [-0.4, -0.2) is 22.2 Å². The summed E-state index contributed by atoms with van der Waals surface area (Å²) in [5.74, 6) is -0.313. The van der Waals surface area contributed by atoms with Gasteiger partial charge in [-0.05, 0) is 54.8 Å². The number of nitrogens with zero attached hydrogens (tertiary/aromatic N) is 2. The average Bonchev–Trinajstić information content (AvgIpc) is 3.06. The minimum absolute atomic E-state index is 0.0434. The summed E-state index contributed by atoms with van der Waals surface area (Å²) >= 11 is 0. The third kappa shape index (κ3) is 8.25. The van der Waals surface area contributed by atoms with Gasteiger partial charge in [0.2, 0.25) is 0 Å². The van der Waals surface area contributed by atoms with Gasteiger partial charge in [0.1, 0.15) is 5.75 Å². The summed E-state index contributed by atoms with van der Waals surface area (Å²) in [6, 6.07) is 15.3. The van der Waals surface area contributed by atoms with Gasteiger partial charge in [-0.25, -0.2) is 0 Å². The lowest BCUT2D eigenvalue weighted by molar-refractivity contribution is -0.274. The van der Waals surface area contributed by atoms with E-state index in [9.17, 15) is 18.0 Å². The number of amides is 1. The molecule has 176 valence electrons. The van der Waals surface area contributed by atoms with Gasteiger partial charge in [0.25, 0.3) is 5.91 Å². The van der Waals surface area contributed by atoms with Crippen LogP contribution in [0, 0.1) is 13.8 Å². The first-order valence-electron chi connectivity index (χ1n) is 10.7. The van der Waals surface area contributed by atoms with E-state index in [0.717, 1.165) is 27.8 Å². The monoisotopic (exact) mass is 458 g/mol. The number of benzene rings is 2. The number of alkyl halides is 3. The van der Waals surface area contributed by atoms with Crippen LogP contribution in [0.25, 0.3) is 0 Å². The van der Waals surface area contributed by atoms with E-state index in [1.807, 2.05) is 44.2 Å². The van der Waals surface area contributed by atoms with Gasteiger partial charge in [0.15, 0.2) is 0 Å². The van der Waals surface area contributed by atoms with Crippen molar-refractivity contribution >= 4 is 5.91 Å². The number of rotatable bonds is 3. The van der Waals surface area contributed by atoms with Gasteiger partial charge in [-0.3, -0.25) is 9.78 Å². The molecular formula is C26H29F3N2O2. The molecule has 33 heavy (non-hydrogen) atoms. The van der Waals surface area contributed by atoms with Crippen molar-refractivity contribution in [2.45, 2.75) is 53.6 Å². The average molecular weight is 459 g/mol. The van der Waals surface area contributed by atoms with E-state index in [1.165, 1.54) is 30.7 Å². The van der Waals surface area contributed by atoms with Crippen LogP contribution in [0.3, 0.4) is 0 Å². The topological polar surface area (TPSA) is 42.4 Å². The molecule has 0 saturated carbocycles. The third-order valence-corrected chi connectivity index (χ3v) is 4.52. The van der Waals surface area contributed by atoms with Crippen molar-refractivity contribution in [2.75, 3.05) is 0 Å². The predicted octanol–water partition coefficient (Wildman–Crippen LogP) is 6.86. The molecule has 4 rings (SSSR count). The maximum Gasteiger partial charge on any atom is 0.573 e. The summed E-state index contributed by atoms with van der Waals surface area (Å²) in [5, 5.41) is 0. The Morgan fingerprint density at radius 2 is 1.61 bits per heavy atom. The second kappa shape index (κ2) is 12.0. The van der Waals surface area contributed by atoms with Crippen LogP contribution in [0.15, 0.2) is 67.0 Å². The number of carbonyl (C=O) groups excluding carboxylic acids is 1. The van der Waals surface area contributed by atoms with Crippen LogP contribution in [0.2, 0.25) is 0 Å². The van der Waals surface area contributed by atoms with E-state index in [4.69, 9.17) is 0 Å². The van der Waals surface area contributed by atoms with E-state index in [-0.39, 0.29) is 11.7 Å². The van der Waals surface area contributed by atoms with Gasteiger partial charge in [0, 0.05) is 31.0 Å². The summed E-state index contributed by atoms with van der Waals surface area (Å²) in [6.07, 6.45) is 0.0451. The molecule has 0 aliphatic carbocycles. The standard InChI is InChI=1S/C18H16F3NO2.C5H5N.C3H8/c1-11-7-12(2)16-14(8-11)10-22(17(16)23)9-13-3-5-15(6-4-13)24-18(19,20)21;1-2-4-6-5-3-1;1-3-2/h3-8H,9-10H2,1-2H3;1-5H;3H2,1-2H3. The highest BCUT2D eigenvalue weighted by Gasteiger charge is 2.31. The van der Waals surface area contributed by atoms with Gasteiger partial charge in [0.05, 0.1) is 0 Å². The minimum Gasteiger partial charge on any atom is -0.406 e. The molecule has 0 saturated heterocycles. The molecule has 1 amide bonds. The number of aryl methyl sites for hydroxylation is 2. The van der Waals surface area contributed by atoms with E-state index in [1.54, 1.807) is 17.3 Å². The van der Waals surface area contributed by atoms with Crippen LogP contribution in [-0.2, 0) is 13.1 Å². The first kappa shape index (κ1) is 25.9. The quantitative estimate of drug-likeness (QED) is 0.431. The van der Waals surface area contributed by atoms with Crippen LogP contribution in [0.5, 0.6) is 5.75 Å². The second-order valence-corrected chi connectivity index (χ2v) is 7.70. The molecule has 0 bridgehead atoms. The lowest BCUT2D eigenvalue weighted by Crippen LogP contribution is -2.23. The molecule has 1 aliphatic heterocycles. The van der Waals surface area contributed by atoms with Gasteiger partial charge < -0.3 is 9.64 Å². The Kier molecular flexibility index (Phi) is 9.45. The van der Waals surface area contributed by atoms with Crippen molar-refractivity contribution in [1.82, 2.24) is 9.88 Å². The van der Waals surface area contributed by atoms with Gasteiger partial charge >= 0.3 is 6.36 Å². The predicted molar refractivity (Wildman–Crippen MR) is 123 cm³/mol. The molecule has 2 aromatic carbocycles. The van der Waals surface area contributed by atoms with E-state index < -0.39 is 6.36 Å². The van der Waals surface area contributed by atoms with Crippen molar-refractivity contribution in [3.8, 4) is 5.75 Å². The van der Waals surface area contributed by atoms with Crippen LogP contribution < -0.4 is 4.74 Å². The fraction of sp³-hybridized carbons (Fsp3) is 0.308. The number of pyridine rings is 1. The zero-order valence-electron chi connectivity index (χ0n) is 19.3. The highest BCUT2D eigenvalue weighted by atomic mass is 19.4. The molecule has 0 N–H and O–H groups in total. The highest BCUT2D eigenvalue weighted by molar-refractivity contribution is 5.99. The van der Waals surface area contributed by atoms with Crippen molar-refractivity contribution in [2.24, 2.45) is 0 Å². The highest BCUT2D eigenvalue weighted by Crippen LogP contribution is 2.29. The molecule has 2 heterocycles.